The molecule has 1 saturated carbocycles. The van der Waals surface area contributed by atoms with Crippen LogP contribution in [0.15, 0.2) is 24.3 Å². The lowest BCUT2D eigenvalue weighted by atomic mass is 9.92. The Morgan fingerprint density at radius 3 is 2.95 bits per heavy atom. The Morgan fingerprint density at radius 1 is 1.32 bits per heavy atom. The van der Waals surface area contributed by atoms with E-state index in [1.165, 1.54) is 32.1 Å². The van der Waals surface area contributed by atoms with Crippen molar-refractivity contribution in [2.24, 2.45) is 0 Å². The van der Waals surface area contributed by atoms with Crippen LogP contribution in [0.2, 0.25) is 5.02 Å². The number of nitrogens with one attached hydrogen (secondary N) is 1. The fourth-order valence-corrected chi connectivity index (χ4v) is 2.90. The molecule has 0 aromatic heterocycles. The van der Waals surface area contributed by atoms with Gasteiger partial charge in [-0.1, -0.05) is 43.5 Å². The number of benzene rings is 1. The van der Waals surface area contributed by atoms with E-state index in [0.717, 1.165) is 17.1 Å². The highest BCUT2D eigenvalue weighted by atomic mass is 35.5. The van der Waals surface area contributed by atoms with Gasteiger partial charge in [-0.25, -0.2) is 0 Å². The second-order valence-corrected chi connectivity index (χ2v) is 5.76. The summed E-state index contributed by atoms with van der Waals surface area (Å²) in [5.41, 5.74) is 1.16. The van der Waals surface area contributed by atoms with Crippen LogP contribution >= 0.6 is 11.6 Å². The van der Waals surface area contributed by atoms with E-state index >= 15 is 0 Å². The zero-order valence-corrected chi connectivity index (χ0v) is 12.5. The molecule has 2 unspecified atom stereocenters. The summed E-state index contributed by atoms with van der Waals surface area (Å²) in [6.45, 7) is 3.95. The molecule has 1 aliphatic carbocycles. The molecular weight excluding hydrogens is 258 g/mol. The van der Waals surface area contributed by atoms with Crippen LogP contribution in [0.3, 0.4) is 0 Å². The van der Waals surface area contributed by atoms with E-state index in [9.17, 15) is 0 Å². The maximum atomic E-state index is 6.11. The van der Waals surface area contributed by atoms with E-state index in [1.807, 2.05) is 18.2 Å². The Morgan fingerprint density at radius 2 is 2.16 bits per heavy atom. The standard InChI is InChI=1S/C16H24ClNO/c1-2-10-18-15-8-3-4-9-16(15)19-12-13-6-5-7-14(17)11-13/h5-7,11,15-16,18H,2-4,8-10,12H2,1H3. The van der Waals surface area contributed by atoms with E-state index in [0.29, 0.717) is 18.8 Å². The van der Waals surface area contributed by atoms with Crippen LogP contribution in [-0.2, 0) is 11.3 Å². The molecule has 0 saturated heterocycles. The lowest BCUT2D eigenvalue weighted by Gasteiger charge is -2.32. The molecule has 1 aromatic rings. The summed E-state index contributed by atoms with van der Waals surface area (Å²) in [5.74, 6) is 0. The lowest BCUT2D eigenvalue weighted by Crippen LogP contribution is -2.43. The maximum Gasteiger partial charge on any atom is 0.0732 e. The molecule has 1 aromatic carbocycles. The predicted octanol–water partition coefficient (Wildman–Crippen LogP) is 4.17. The van der Waals surface area contributed by atoms with Crippen LogP contribution in [0.25, 0.3) is 0 Å². The molecule has 0 bridgehead atoms. The van der Waals surface area contributed by atoms with E-state index in [4.69, 9.17) is 16.3 Å². The third-order valence-electron chi connectivity index (χ3n) is 3.71. The summed E-state index contributed by atoms with van der Waals surface area (Å²) in [6.07, 6.45) is 6.53. The van der Waals surface area contributed by atoms with Gasteiger partial charge < -0.3 is 10.1 Å². The minimum atomic E-state index is 0.347. The minimum absolute atomic E-state index is 0.347. The first-order valence-electron chi connectivity index (χ1n) is 7.39. The van der Waals surface area contributed by atoms with Gasteiger partial charge in [0.05, 0.1) is 12.7 Å². The first-order chi connectivity index (χ1) is 9.29. The molecule has 0 radical (unpaired) electrons. The highest BCUT2D eigenvalue weighted by Crippen LogP contribution is 2.23. The molecule has 19 heavy (non-hydrogen) atoms. The molecule has 1 aliphatic rings. The first kappa shape index (κ1) is 14.8. The van der Waals surface area contributed by atoms with Crippen molar-refractivity contribution in [1.82, 2.24) is 5.32 Å². The topological polar surface area (TPSA) is 21.3 Å². The molecule has 2 nitrogen and oxygen atoms in total. The van der Waals surface area contributed by atoms with E-state index in [-0.39, 0.29) is 0 Å². The predicted molar refractivity (Wildman–Crippen MR) is 80.6 cm³/mol. The van der Waals surface area contributed by atoms with Crippen molar-refractivity contribution in [2.45, 2.75) is 57.8 Å². The van der Waals surface area contributed by atoms with Gasteiger partial charge >= 0.3 is 0 Å². The van der Waals surface area contributed by atoms with Gasteiger partial charge in [0, 0.05) is 11.1 Å². The van der Waals surface area contributed by atoms with Crippen LogP contribution in [0.4, 0.5) is 0 Å². The molecule has 0 heterocycles. The van der Waals surface area contributed by atoms with Crippen LogP contribution in [0.1, 0.15) is 44.6 Å². The minimum Gasteiger partial charge on any atom is -0.372 e. The molecule has 0 amide bonds. The van der Waals surface area contributed by atoms with Gasteiger partial charge in [-0.15, -0.1) is 0 Å². The molecule has 1 N–H and O–H groups in total. The SMILES string of the molecule is CCCNC1CCCCC1OCc1cccc(Cl)c1. The third kappa shape index (κ3) is 4.79. The summed E-state index contributed by atoms with van der Waals surface area (Å²) in [6, 6.07) is 8.46. The monoisotopic (exact) mass is 281 g/mol. The zero-order chi connectivity index (χ0) is 13.5. The number of hydrogen-bond acceptors (Lipinski definition) is 2. The highest BCUT2D eigenvalue weighted by molar-refractivity contribution is 6.30. The van der Waals surface area contributed by atoms with Crippen molar-refractivity contribution >= 4 is 11.6 Å². The molecular formula is C16H24ClNO. The lowest BCUT2D eigenvalue weighted by molar-refractivity contribution is -0.00537. The van der Waals surface area contributed by atoms with Crippen molar-refractivity contribution in [2.75, 3.05) is 6.54 Å². The Labute approximate surface area is 121 Å². The Kier molecular flexibility index (Phi) is 6.15. The number of rotatable bonds is 6. The second kappa shape index (κ2) is 7.88. The van der Waals surface area contributed by atoms with Gasteiger partial charge in [0.2, 0.25) is 0 Å². The van der Waals surface area contributed by atoms with Gasteiger partial charge in [0.25, 0.3) is 0 Å². The Hall–Kier alpha value is -0.570. The molecule has 0 spiro atoms. The molecule has 2 atom stereocenters. The molecule has 2 rings (SSSR count). The van der Waals surface area contributed by atoms with Gasteiger partial charge in [0.1, 0.15) is 0 Å². The van der Waals surface area contributed by atoms with Gasteiger partial charge in [-0.2, -0.15) is 0 Å². The quantitative estimate of drug-likeness (QED) is 0.845. The summed E-state index contributed by atoms with van der Waals surface area (Å²) in [7, 11) is 0. The summed E-state index contributed by atoms with van der Waals surface area (Å²) >= 11 is 6.00. The fourth-order valence-electron chi connectivity index (χ4n) is 2.69. The Bertz CT molecular complexity index is 383. The van der Waals surface area contributed by atoms with E-state index < -0.39 is 0 Å². The molecule has 0 aliphatic heterocycles. The summed E-state index contributed by atoms with van der Waals surface area (Å²) < 4.78 is 6.11. The van der Waals surface area contributed by atoms with Crippen molar-refractivity contribution in [1.29, 1.82) is 0 Å². The summed E-state index contributed by atoms with van der Waals surface area (Å²) in [4.78, 5) is 0. The third-order valence-corrected chi connectivity index (χ3v) is 3.95. The summed E-state index contributed by atoms with van der Waals surface area (Å²) in [5, 5.41) is 4.40. The van der Waals surface area contributed by atoms with Crippen LogP contribution in [-0.4, -0.2) is 18.7 Å². The van der Waals surface area contributed by atoms with Crippen molar-refractivity contribution in [3.8, 4) is 0 Å². The van der Waals surface area contributed by atoms with Gasteiger partial charge in [-0.05, 0) is 43.5 Å². The van der Waals surface area contributed by atoms with Gasteiger partial charge in [-0.3, -0.25) is 0 Å². The molecule has 3 heteroatoms. The molecule has 1 fully saturated rings. The van der Waals surface area contributed by atoms with Crippen molar-refractivity contribution in [3.05, 3.63) is 34.9 Å². The number of hydrogen-bond donors (Lipinski definition) is 1. The average molecular weight is 282 g/mol. The zero-order valence-electron chi connectivity index (χ0n) is 11.7. The normalized spacial score (nSPS) is 23.5. The Balaban J connectivity index is 1.85. The maximum absolute atomic E-state index is 6.11. The second-order valence-electron chi connectivity index (χ2n) is 5.32. The van der Waals surface area contributed by atoms with Crippen LogP contribution in [0, 0.1) is 0 Å². The van der Waals surface area contributed by atoms with Crippen LogP contribution in [0.5, 0.6) is 0 Å². The van der Waals surface area contributed by atoms with Crippen molar-refractivity contribution < 1.29 is 4.74 Å². The average Bonchev–Trinajstić information content (AvgIpc) is 2.44. The fraction of sp³-hybridized carbons (Fsp3) is 0.625. The van der Waals surface area contributed by atoms with Crippen LogP contribution < -0.4 is 5.32 Å². The van der Waals surface area contributed by atoms with Gasteiger partial charge in [0.15, 0.2) is 0 Å². The van der Waals surface area contributed by atoms with Crippen molar-refractivity contribution in [3.63, 3.8) is 0 Å². The number of ether oxygens (including phenoxy) is 1. The first-order valence-corrected chi connectivity index (χ1v) is 7.77. The smallest absolute Gasteiger partial charge is 0.0732 e. The molecule has 106 valence electrons. The number of halogens is 1. The highest BCUT2D eigenvalue weighted by Gasteiger charge is 2.24. The largest absolute Gasteiger partial charge is 0.372 e. The van der Waals surface area contributed by atoms with E-state index in [1.54, 1.807) is 0 Å². The van der Waals surface area contributed by atoms with E-state index in [2.05, 4.69) is 18.3 Å².